The maximum absolute atomic E-state index is 14.6. The Kier molecular flexibility index (Phi) is 8.34. The van der Waals surface area contributed by atoms with E-state index in [9.17, 15) is 17.6 Å². The molecule has 0 radical (unpaired) electrons. The molecule has 1 aliphatic heterocycles. The van der Waals surface area contributed by atoms with Crippen LogP contribution in [0.3, 0.4) is 0 Å². The van der Waals surface area contributed by atoms with Crippen molar-refractivity contribution >= 4 is 27.6 Å². The van der Waals surface area contributed by atoms with E-state index in [2.05, 4.69) is 30.5 Å². The topological polar surface area (TPSA) is 128 Å². The molecule has 0 saturated carbocycles. The Labute approximate surface area is 235 Å². The fourth-order valence-corrected chi connectivity index (χ4v) is 5.64. The lowest BCUT2D eigenvalue weighted by molar-refractivity contribution is 0.0981. The molecule has 40 heavy (non-hydrogen) atoms. The maximum atomic E-state index is 14.6. The number of hydrogen-bond donors (Lipinski definition) is 2. The lowest BCUT2D eigenvalue weighted by Gasteiger charge is -2.48. The number of carbonyl (C=O) groups excluding carboxylic acids is 1. The predicted octanol–water partition coefficient (Wildman–Crippen LogP) is 5.03. The van der Waals surface area contributed by atoms with E-state index in [-0.39, 0.29) is 33.8 Å². The van der Waals surface area contributed by atoms with Crippen LogP contribution in [0.15, 0.2) is 53.6 Å². The molecule has 0 bridgehead atoms. The number of nitrogen functional groups attached to an aromatic ring is 1. The van der Waals surface area contributed by atoms with Gasteiger partial charge in [-0.15, -0.1) is 0 Å². The molecule has 1 fully saturated rings. The SMILES string of the molecule is CC(C)COc1cc(F)cc(-c2ccc(C(=O)NS(=O)(=O)c3cccc(N)n3)c(N3CCCC(C)C3(C)C)n2)c1. The third-order valence-electron chi connectivity index (χ3n) is 7.29. The molecule has 3 N–H and O–H groups in total. The molecule has 3 heterocycles. The first-order chi connectivity index (χ1) is 18.8. The summed E-state index contributed by atoms with van der Waals surface area (Å²) in [5, 5.41) is -0.368. The summed E-state index contributed by atoms with van der Waals surface area (Å²) in [6.45, 7) is 11.3. The molecule has 11 heteroatoms. The van der Waals surface area contributed by atoms with Crippen molar-refractivity contribution in [3.05, 3.63) is 59.9 Å². The van der Waals surface area contributed by atoms with Crippen LogP contribution in [0.25, 0.3) is 11.3 Å². The van der Waals surface area contributed by atoms with Crippen LogP contribution in [-0.4, -0.2) is 43.0 Å². The van der Waals surface area contributed by atoms with Gasteiger partial charge in [0.1, 0.15) is 23.2 Å². The molecular weight excluding hydrogens is 533 g/mol. The van der Waals surface area contributed by atoms with E-state index in [4.69, 9.17) is 15.5 Å². The first-order valence-electron chi connectivity index (χ1n) is 13.3. The molecule has 0 aliphatic carbocycles. The molecule has 1 saturated heterocycles. The number of hydrogen-bond acceptors (Lipinski definition) is 8. The van der Waals surface area contributed by atoms with Crippen LogP contribution < -0.4 is 20.1 Å². The number of nitrogens with two attached hydrogens (primary N) is 1. The van der Waals surface area contributed by atoms with Crippen molar-refractivity contribution in [3.8, 4) is 17.0 Å². The predicted molar refractivity (Wildman–Crippen MR) is 153 cm³/mol. The fraction of sp³-hybridized carbons (Fsp3) is 0.414. The third-order valence-corrected chi connectivity index (χ3v) is 8.53. The number of anilines is 2. The molecule has 214 valence electrons. The lowest BCUT2D eigenvalue weighted by Crippen LogP contribution is -2.53. The quantitative estimate of drug-likeness (QED) is 0.387. The molecule has 1 atom stereocenters. The number of aromatic nitrogens is 2. The summed E-state index contributed by atoms with van der Waals surface area (Å²) >= 11 is 0. The second-order valence-electron chi connectivity index (χ2n) is 11.1. The summed E-state index contributed by atoms with van der Waals surface area (Å²) in [4.78, 5) is 24.2. The van der Waals surface area contributed by atoms with Crippen molar-refractivity contribution in [1.82, 2.24) is 14.7 Å². The van der Waals surface area contributed by atoms with Gasteiger partial charge in [0.05, 0.1) is 17.9 Å². The number of pyridine rings is 2. The standard InChI is InChI=1S/C29H36FN5O4S/c1-18(2)17-39-22-15-20(14-21(30)16-22)24-12-11-23(27(32-24)35-13-7-8-19(3)29(35,4)5)28(36)34-40(37,38)26-10-6-9-25(31)33-26/h6,9-12,14-16,18-19H,7-8,13,17H2,1-5H3,(H2,31,33)(H,34,36). The zero-order valence-electron chi connectivity index (χ0n) is 23.4. The average Bonchev–Trinajstić information content (AvgIpc) is 2.88. The zero-order chi connectivity index (χ0) is 29.2. The Morgan fingerprint density at radius 2 is 1.95 bits per heavy atom. The minimum absolute atomic E-state index is 0.0120. The van der Waals surface area contributed by atoms with Crippen molar-refractivity contribution in [3.63, 3.8) is 0 Å². The number of halogens is 1. The summed E-state index contributed by atoms with van der Waals surface area (Å²) in [5.74, 6) is -0.0957. The molecular formula is C29H36FN5O4S. The Morgan fingerprint density at radius 1 is 1.20 bits per heavy atom. The highest BCUT2D eigenvalue weighted by Crippen LogP contribution is 2.38. The molecule has 1 aromatic carbocycles. The minimum Gasteiger partial charge on any atom is -0.493 e. The molecule has 1 aliphatic rings. The van der Waals surface area contributed by atoms with E-state index in [0.29, 0.717) is 36.0 Å². The highest BCUT2D eigenvalue weighted by atomic mass is 32.2. The molecule has 3 aromatic rings. The second-order valence-corrected chi connectivity index (χ2v) is 12.8. The van der Waals surface area contributed by atoms with Crippen LogP contribution in [0.4, 0.5) is 16.0 Å². The average molecular weight is 570 g/mol. The number of amides is 1. The maximum Gasteiger partial charge on any atom is 0.281 e. The van der Waals surface area contributed by atoms with Gasteiger partial charge in [-0.2, -0.15) is 8.42 Å². The van der Waals surface area contributed by atoms with Crippen LogP contribution >= 0.6 is 0 Å². The number of piperidine rings is 1. The molecule has 1 unspecified atom stereocenters. The first-order valence-corrected chi connectivity index (χ1v) is 14.8. The number of nitrogens with zero attached hydrogens (tertiary/aromatic N) is 3. The molecule has 1 amide bonds. The second kappa shape index (κ2) is 11.4. The van der Waals surface area contributed by atoms with Crippen LogP contribution in [0.5, 0.6) is 5.75 Å². The van der Waals surface area contributed by atoms with Gasteiger partial charge in [-0.3, -0.25) is 4.79 Å². The number of benzene rings is 1. The van der Waals surface area contributed by atoms with Crippen molar-refractivity contribution in [2.45, 2.75) is 58.0 Å². The third kappa shape index (κ3) is 6.35. The fourth-order valence-electron chi connectivity index (χ4n) is 4.70. The number of nitrogens with one attached hydrogen (secondary N) is 1. The summed E-state index contributed by atoms with van der Waals surface area (Å²) < 4.78 is 48.4. The number of carbonyl (C=O) groups is 1. The van der Waals surface area contributed by atoms with Gasteiger partial charge in [-0.25, -0.2) is 19.1 Å². The Hall–Kier alpha value is -3.73. The summed E-state index contributed by atoms with van der Waals surface area (Å²) in [6.07, 6.45) is 1.87. The van der Waals surface area contributed by atoms with Gasteiger partial charge in [0.15, 0.2) is 5.03 Å². The van der Waals surface area contributed by atoms with E-state index in [0.717, 1.165) is 12.8 Å². The highest BCUT2D eigenvalue weighted by molar-refractivity contribution is 7.90. The number of ether oxygens (including phenoxy) is 1. The zero-order valence-corrected chi connectivity index (χ0v) is 24.3. The van der Waals surface area contributed by atoms with Gasteiger partial charge < -0.3 is 15.4 Å². The molecule has 2 aromatic heterocycles. The van der Waals surface area contributed by atoms with Gasteiger partial charge in [0.25, 0.3) is 15.9 Å². The van der Waals surface area contributed by atoms with Crippen molar-refractivity contribution in [1.29, 1.82) is 0 Å². The molecule has 4 rings (SSSR count). The Morgan fingerprint density at radius 3 is 2.65 bits per heavy atom. The van der Waals surface area contributed by atoms with Crippen LogP contribution in [0, 0.1) is 17.7 Å². The van der Waals surface area contributed by atoms with Crippen molar-refractivity contribution in [2.75, 3.05) is 23.8 Å². The van der Waals surface area contributed by atoms with Gasteiger partial charge >= 0.3 is 0 Å². The van der Waals surface area contributed by atoms with Gasteiger partial charge in [0.2, 0.25) is 0 Å². The monoisotopic (exact) mass is 569 g/mol. The van der Waals surface area contributed by atoms with Crippen LogP contribution in [0.2, 0.25) is 0 Å². The van der Waals surface area contributed by atoms with Crippen molar-refractivity contribution < 1.29 is 22.3 Å². The number of rotatable bonds is 8. The summed E-state index contributed by atoms with van der Waals surface area (Å²) in [6, 6.07) is 11.6. The molecule has 0 spiro atoms. The normalized spacial score (nSPS) is 17.1. The van der Waals surface area contributed by atoms with Crippen LogP contribution in [-0.2, 0) is 10.0 Å². The van der Waals surface area contributed by atoms with E-state index >= 15 is 0 Å². The summed E-state index contributed by atoms with van der Waals surface area (Å²) in [5.41, 5.74) is 6.24. The van der Waals surface area contributed by atoms with E-state index in [1.807, 2.05) is 18.7 Å². The van der Waals surface area contributed by atoms with Gasteiger partial charge in [-0.05, 0) is 74.9 Å². The lowest BCUT2D eigenvalue weighted by atomic mass is 9.80. The van der Waals surface area contributed by atoms with Crippen molar-refractivity contribution in [2.24, 2.45) is 11.8 Å². The van der Waals surface area contributed by atoms with E-state index < -0.39 is 21.7 Å². The van der Waals surface area contributed by atoms with E-state index in [1.54, 1.807) is 12.1 Å². The molecule has 9 nitrogen and oxygen atoms in total. The van der Waals surface area contributed by atoms with Gasteiger partial charge in [-0.1, -0.05) is 26.8 Å². The van der Waals surface area contributed by atoms with Crippen LogP contribution in [0.1, 0.15) is 57.8 Å². The Balaban J connectivity index is 1.78. The summed E-state index contributed by atoms with van der Waals surface area (Å²) in [7, 11) is -4.31. The van der Waals surface area contributed by atoms with Gasteiger partial charge in [0, 0.05) is 23.7 Å². The minimum atomic E-state index is -4.31. The van der Waals surface area contributed by atoms with E-state index in [1.165, 1.54) is 36.4 Å². The largest absolute Gasteiger partial charge is 0.493 e. The smallest absolute Gasteiger partial charge is 0.281 e. The Bertz CT molecular complexity index is 1510. The highest BCUT2D eigenvalue weighted by Gasteiger charge is 2.38. The first kappa shape index (κ1) is 29.3. The number of sulfonamides is 1.